The van der Waals surface area contributed by atoms with Crippen molar-refractivity contribution in [3.8, 4) is 0 Å². The fourth-order valence-corrected chi connectivity index (χ4v) is 4.67. The minimum absolute atomic E-state index is 0.199. The quantitative estimate of drug-likeness (QED) is 0.732. The zero-order valence-electron chi connectivity index (χ0n) is 16.0. The predicted octanol–water partition coefficient (Wildman–Crippen LogP) is 0.797. The van der Waals surface area contributed by atoms with E-state index in [-0.39, 0.29) is 10.8 Å². The second-order valence-electron chi connectivity index (χ2n) is 7.33. The van der Waals surface area contributed by atoms with Crippen LogP contribution in [-0.2, 0) is 19.6 Å². The second kappa shape index (κ2) is 8.53. The van der Waals surface area contributed by atoms with Crippen LogP contribution in [0.4, 0.5) is 5.82 Å². The topological polar surface area (TPSA) is 83.1 Å². The van der Waals surface area contributed by atoms with E-state index >= 15 is 0 Å². The van der Waals surface area contributed by atoms with Crippen molar-refractivity contribution in [3.05, 3.63) is 18.3 Å². The summed E-state index contributed by atoms with van der Waals surface area (Å²) < 4.78 is 32.0. The number of carbonyl (C=O) groups is 1. The van der Waals surface area contributed by atoms with E-state index in [0.29, 0.717) is 64.8 Å². The number of morpholine rings is 1. The number of sulfonamides is 1. The summed E-state index contributed by atoms with van der Waals surface area (Å²) in [6.45, 7) is 8.41. The molecule has 0 aromatic carbocycles. The number of piperazine rings is 1. The van der Waals surface area contributed by atoms with Crippen molar-refractivity contribution in [1.82, 2.24) is 14.2 Å². The number of carbonyl (C=O) groups excluding carboxylic acids is 1. The molecule has 9 heteroatoms. The molecule has 27 heavy (non-hydrogen) atoms. The summed E-state index contributed by atoms with van der Waals surface area (Å²) in [6, 6.07) is 3.36. The summed E-state index contributed by atoms with van der Waals surface area (Å²) in [6.07, 6.45) is 2.00. The average molecular weight is 397 g/mol. The molecule has 0 atom stereocenters. The van der Waals surface area contributed by atoms with Crippen LogP contribution in [-0.4, -0.2) is 81.0 Å². The summed E-state index contributed by atoms with van der Waals surface area (Å²) in [4.78, 5) is 20.7. The van der Waals surface area contributed by atoms with Crippen LogP contribution in [0, 0.1) is 5.92 Å². The highest BCUT2D eigenvalue weighted by Gasteiger charge is 2.27. The molecule has 1 aromatic rings. The van der Waals surface area contributed by atoms with Crippen LogP contribution in [0.2, 0.25) is 0 Å². The smallest absolute Gasteiger partial charge is 0.244 e. The molecule has 150 valence electrons. The van der Waals surface area contributed by atoms with Gasteiger partial charge in [0.15, 0.2) is 0 Å². The van der Waals surface area contributed by atoms with E-state index < -0.39 is 10.0 Å². The van der Waals surface area contributed by atoms with Gasteiger partial charge in [-0.05, 0) is 18.1 Å². The van der Waals surface area contributed by atoms with E-state index in [9.17, 15) is 13.2 Å². The van der Waals surface area contributed by atoms with Crippen molar-refractivity contribution in [2.45, 2.75) is 25.2 Å². The monoisotopic (exact) mass is 396 g/mol. The first kappa shape index (κ1) is 20.0. The third kappa shape index (κ3) is 4.77. The number of ether oxygens (including phenoxy) is 1. The second-order valence-corrected chi connectivity index (χ2v) is 9.27. The number of hydrogen-bond donors (Lipinski definition) is 0. The summed E-state index contributed by atoms with van der Waals surface area (Å²) >= 11 is 0. The lowest BCUT2D eigenvalue weighted by Gasteiger charge is -2.35. The number of pyridine rings is 1. The fourth-order valence-electron chi connectivity index (χ4n) is 3.31. The molecule has 0 radical (unpaired) electrons. The Bertz CT molecular complexity index is 737. The van der Waals surface area contributed by atoms with Gasteiger partial charge in [-0.15, -0.1) is 0 Å². The molecule has 3 rings (SSSR count). The minimum Gasteiger partial charge on any atom is -0.379 e. The number of amides is 1. The number of rotatable bonds is 5. The Morgan fingerprint density at radius 1 is 1.11 bits per heavy atom. The third-order valence-electron chi connectivity index (χ3n) is 4.87. The van der Waals surface area contributed by atoms with Crippen LogP contribution in [0.15, 0.2) is 23.2 Å². The Morgan fingerprint density at radius 2 is 1.78 bits per heavy atom. The highest BCUT2D eigenvalue weighted by molar-refractivity contribution is 7.89. The summed E-state index contributed by atoms with van der Waals surface area (Å²) in [5.74, 6) is 1.30. The van der Waals surface area contributed by atoms with Crippen LogP contribution >= 0.6 is 0 Å². The van der Waals surface area contributed by atoms with Gasteiger partial charge in [-0.1, -0.05) is 13.8 Å². The summed E-state index contributed by atoms with van der Waals surface area (Å²) in [5, 5.41) is 0. The molecule has 0 spiro atoms. The molecule has 2 saturated heterocycles. The van der Waals surface area contributed by atoms with Crippen molar-refractivity contribution < 1.29 is 17.9 Å². The van der Waals surface area contributed by atoms with E-state index in [1.54, 1.807) is 12.1 Å². The fraction of sp³-hybridized carbons (Fsp3) is 0.667. The summed E-state index contributed by atoms with van der Waals surface area (Å²) in [5.41, 5.74) is 0. The lowest BCUT2D eigenvalue weighted by molar-refractivity contribution is -0.132. The zero-order chi connectivity index (χ0) is 19.4. The van der Waals surface area contributed by atoms with Crippen LogP contribution in [0.25, 0.3) is 0 Å². The first-order valence-corrected chi connectivity index (χ1v) is 10.9. The Morgan fingerprint density at radius 3 is 2.33 bits per heavy atom. The lowest BCUT2D eigenvalue weighted by Crippen LogP contribution is -2.49. The van der Waals surface area contributed by atoms with Crippen molar-refractivity contribution in [1.29, 1.82) is 0 Å². The highest BCUT2D eigenvalue weighted by atomic mass is 32.2. The lowest BCUT2D eigenvalue weighted by atomic mass is 10.1. The van der Waals surface area contributed by atoms with Gasteiger partial charge < -0.3 is 14.5 Å². The van der Waals surface area contributed by atoms with Gasteiger partial charge in [0.2, 0.25) is 15.9 Å². The molecule has 2 aliphatic heterocycles. The highest BCUT2D eigenvalue weighted by Crippen LogP contribution is 2.20. The molecule has 0 bridgehead atoms. The number of aromatic nitrogens is 1. The first-order valence-electron chi connectivity index (χ1n) is 9.44. The van der Waals surface area contributed by atoms with E-state index in [4.69, 9.17) is 4.74 Å². The maximum atomic E-state index is 12.7. The van der Waals surface area contributed by atoms with Gasteiger partial charge in [0.25, 0.3) is 0 Å². The molecular weight excluding hydrogens is 368 g/mol. The Hall–Kier alpha value is -1.71. The van der Waals surface area contributed by atoms with Gasteiger partial charge in [-0.25, -0.2) is 13.4 Å². The van der Waals surface area contributed by atoms with Gasteiger partial charge in [-0.2, -0.15) is 4.31 Å². The van der Waals surface area contributed by atoms with Crippen LogP contribution < -0.4 is 4.90 Å². The van der Waals surface area contributed by atoms with Crippen LogP contribution in [0.5, 0.6) is 0 Å². The zero-order valence-corrected chi connectivity index (χ0v) is 16.8. The normalized spacial score (nSPS) is 19.5. The van der Waals surface area contributed by atoms with Crippen molar-refractivity contribution in [3.63, 3.8) is 0 Å². The van der Waals surface area contributed by atoms with Gasteiger partial charge in [0.05, 0.1) is 13.2 Å². The molecule has 0 aliphatic carbocycles. The van der Waals surface area contributed by atoms with E-state index in [1.807, 2.05) is 18.7 Å². The van der Waals surface area contributed by atoms with E-state index in [2.05, 4.69) is 9.88 Å². The van der Waals surface area contributed by atoms with Crippen molar-refractivity contribution >= 4 is 21.7 Å². The van der Waals surface area contributed by atoms with E-state index in [1.165, 1.54) is 10.5 Å². The Kier molecular flexibility index (Phi) is 6.33. The predicted molar refractivity (Wildman–Crippen MR) is 102 cm³/mol. The van der Waals surface area contributed by atoms with Gasteiger partial charge in [0, 0.05) is 51.9 Å². The SMILES string of the molecule is CC(C)CC(=O)N1CCN(c2ccc(S(=O)(=O)N3CCOCC3)cn2)CC1. The van der Waals surface area contributed by atoms with Gasteiger partial charge >= 0.3 is 0 Å². The molecule has 8 nitrogen and oxygen atoms in total. The molecule has 3 heterocycles. The first-order chi connectivity index (χ1) is 12.9. The number of anilines is 1. The molecule has 1 amide bonds. The van der Waals surface area contributed by atoms with Gasteiger partial charge in [-0.3, -0.25) is 4.79 Å². The summed E-state index contributed by atoms with van der Waals surface area (Å²) in [7, 11) is -3.52. The number of nitrogens with zero attached hydrogens (tertiary/aromatic N) is 4. The van der Waals surface area contributed by atoms with Gasteiger partial charge in [0.1, 0.15) is 10.7 Å². The van der Waals surface area contributed by atoms with Crippen LogP contribution in [0.3, 0.4) is 0 Å². The average Bonchev–Trinajstić information content (AvgIpc) is 2.68. The van der Waals surface area contributed by atoms with Crippen LogP contribution in [0.1, 0.15) is 20.3 Å². The molecule has 2 fully saturated rings. The van der Waals surface area contributed by atoms with Crippen molar-refractivity contribution in [2.24, 2.45) is 5.92 Å². The maximum Gasteiger partial charge on any atom is 0.244 e. The Balaban J connectivity index is 1.60. The molecule has 0 N–H and O–H groups in total. The largest absolute Gasteiger partial charge is 0.379 e. The molecule has 0 unspecified atom stereocenters. The minimum atomic E-state index is -3.52. The molecular formula is C18H28N4O4S. The van der Waals surface area contributed by atoms with E-state index in [0.717, 1.165) is 5.82 Å². The molecule has 0 saturated carbocycles. The molecule has 2 aliphatic rings. The maximum absolute atomic E-state index is 12.7. The molecule has 1 aromatic heterocycles. The third-order valence-corrected chi connectivity index (χ3v) is 6.75. The Labute approximate surface area is 161 Å². The number of hydrogen-bond acceptors (Lipinski definition) is 6. The standard InChI is InChI=1S/C18H28N4O4S/c1-15(2)13-18(23)21-7-5-20(6-8-21)17-4-3-16(14-19-17)27(24,25)22-9-11-26-12-10-22/h3-4,14-15H,5-13H2,1-2H3. The van der Waals surface area contributed by atoms with Crippen molar-refractivity contribution in [2.75, 3.05) is 57.4 Å².